The normalized spacial score (nSPS) is 26.1. The van der Waals surface area contributed by atoms with Gasteiger partial charge in [-0.15, -0.1) is 0 Å². The maximum atomic E-state index is 9.35. The molecule has 1 aromatic rings. The largest absolute Gasteiger partial charge is 0.372 e. The molecule has 6 nitrogen and oxygen atoms in total. The molecule has 0 spiro atoms. The lowest BCUT2D eigenvalue weighted by atomic mass is 9.99. The summed E-state index contributed by atoms with van der Waals surface area (Å²) in [5.41, 5.74) is 9.42. The zero-order valence-corrected chi connectivity index (χ0v) is 11.1. The maximum absolute atomic E-state index is 9.35. The Balaban J connectivity index is 1.75. The van der Waals surface area contributed by atoms with E-state index in [-0.39, 0.29) is 0 Å². The van der Waals surface area contributed by atoms with Gasteiger partial charge in [-0.05, 0) is 36.8 Å². The number of hydrogen-bond donors (Lipinski definition) is 4. The van der Waals surface area contributed by atoms with E-state index in [0.717, 1.165) is 35.4 Å². The Labute approximate surface area is 117 Å². The Bertz CT molecular complexity index is 490. The third kappa shape index (κ3) is 2.81. The predicted octanol–water partition coefficient (Wildman–Crippen LogP) is 0.498. The van der Waals surface area contributed by atoms with Crippen LogP contribution >= 0.6 is 0 Å². The van der Waals surface area contributed by atoms with Crippen molar-refractivity contribution in [3.63, 3.8) is 0 Å². The predicted molar refractivity (Wildman–Crippen MR) is 76.3 cm³/mol. The van der Waals surface area contributed by atoms with Gasteiger partial charge >= 0.3 is 0 Å². The van der Waals surface area contributed by atoms with Gasteiger partial charge in [-0.2, -0.15) is 10.2 Å². The average molecular weight is 274 g/mol. The summed E-state index contributed by atoms with van der Waals surface area (Å²) in [6.07, 6.45) is 1.81. The highest BCUT2D eigenvalue weighted by Crippen LogP contribution is 2.16. The van der Waals surface area contributed by atoms with E-state index in [2.05, 4.69) is 21.1 Å². The van der Waals surface area contributed by atoms with E-state index in [1.165, 1.54) is 0 Å². The van der Waals surface area contributed by atoms with Crippen molar-refractivity contribution in [3.05, 3.63) is 35.4 Å². The van der Waals surface area contributed by atoms with Gasteiger partial charge in [0.05, 0.1) is 11.4 Å². The third-order valence-electron chi connectivity index (χ3n) is 3.56. The first-order chi connectivity index (χ1) is 9.72. The quantitative estimate of drug-likeness (QED) is 0.632. The molecule has 3 rings (SSSR count). The second-order valence-corrected chi connectivity index (χ2v) is 5.06. The lowest BCUT2D eigenvalue weighted by Gasteiger charge is -2.20. The zero-order valence-electron chi connectivity index (χ0n) is 11.1. The van der Waals surface area contributed by atoms with Crippen LogP contribution in [0, 0.1) is 0 Å². The number of benzene rings is 1. The minimum atomic E-state index is -0.535. The van der Waals surface area contributed by atoms with Crippen molar-refractivity contribution in [2.24, 2.45) is 10.2 Å². The van der Waals surface area contributed by atoms with Gasteiger partial charge in [0.15, 0.2) is 0 Å². The molecule has 0 aliphatic carbocycles. The molecule has 20 heavy (non-hydrogen) atoms. The molecule has 0 radical (unpaired) electrons. The highest BCUT2D eigenvalue weighted by Gasteiger charge is 2.16. The van der Waals surface area contributed by atoms with Crippen LogP contribution in [0.2, 0.25) is 0 Å². The zero-order chi connectivity index (χ0) is 13.9. The summed E-state index contributed by atoms with van der Waals surface area (Å²) in [7, 11) is 0. The van der Waals surface area contributed by atoms with Gasteiger partial charge in [0.2, 0.25) is 0 Å². The molecule has 2 unspecified atom stereocenters. The summed E-state index contributed by atoms with van der Waals surface area (Å²) in [6, 6.07) is 8.06. The SMILES string of the molecule is OC1CCC(c2ccc(C3=NNC(O)CC3)cc2)=NN1. The van der Waals surface area contributed by atoms with Crippen molar-refractivity contribution in [1.82, 2.24) is 10.9 Å². The monoisotopic (exact) mass is 274 g/mol. The van der Waals surface area contributed by atoms with Crippen molar-refractivity contribution in [2.75, 3.05) is 0 Å². The Morgan fingerprint density at radius 1 is 0.800 bits per heavy atom. The van der Waals surface area contributed by atoms with Gasteiger partial charge in [0.1, 0.15) is 12.5 Å². The molecule has 0 aromatic heterocycles. The number of nitrogens with one attached hydrogen (secondary N) is 2. The maximum Gasteiger partial charge on any atom is 0.140 e. The highest BCUT2D eigenvalue weighted by molar-refractivity contribution is 6.04. The lowest BCUT2D eigenvalue weighted by molar-refractivity contribution is 0.126. The number of hydrazone groups is 2. The van der Waals surface area contributed by atoms with E-state index < -0.39 is 12.5 Å². The van der Waals surface area contributed by atoms with Crippen LogP contribution in [0.25, 0.3) is 0 Å². The van der Waals surface area contributed by atoms with Crippen molar-refractivity contribution < 1.29 is 10.2 Å². The van der Waals surface area contributed by atoms with E-state index in [1.54, 1.807) is 0 Å². The van der Waals surface area contributed by atoms with Gasteiger partial charge in [-0.3, -0.25) is 10.9 Å². The Kier molecular flexibility index (Phi) is 3.66. The Morgan fingerprint density at radius 2 is 1.20 bits per heavy atom. The van der Waals surface area contributed by atoms with Crippen LogP contribution in [-0.4, -0.2) is 34.1 Å². The first-order valence-electron chi connectivity index (χ1n) is 6.83. The minimum Gasteiger partial charge on any atom is -0.372 e. The number of nitrogens with zero attached hydrogens (tertiary/aromatic N) is 2. The first kappa shape index (κ1) is 13.1. The molecule has 2 atom stereocenters. The summed E-state index contributed by atoms with van der Waals surface area (Å²) in [5.74, 6) is 0. The minimum absolute atomic E-state index is 0.535. The van der Waals surface area contributed by atoms with Crippen molar-refractivity contribution in [3.8, 4) is 0 Å². The van der Waals surface area contributed by atoms with E-state index >= 15 is 0 Å². The van der Waals surface area contributed by atoms with Gasteiger partial charge in [0.25, 0.3) is 0 Å². The molecule has 0 saturated carbocycles. The van der Waals surface area contributed by atoms with Crippen molar-refractivity contribution in [1.29, 1.82) is 0 Å². The second kappa shape index (κ2) is 5.60. The molecule has 0 bridgehead atoms. The van der Waals surface area contributed by atoms with Gasteiger partial charge in [0, 0.05) is 0 Å². The van der Waals surface area contributed by atoms with Crippen LogP contribution in [0.1, 0.15) is 36.8 Å². The van der Waals surface area contributed by atoms with Gasteiger partial charge in [-0.25, -0.2) is 0 Å². The molecule has 0 fully saturated rings. The van der Waals surface area contributed by atoms with Crippen molar-refractivity contribution >= 4 is 11.4 Å². The summed E-state index contributed by atoms with van der Waals surface area (Å²) in [5, 5.41) is 27.0. The summed E-state index contributed by atoms with van der Waals surface area (Å²) < 4.78 is 0. The number of aliphatic hydroxyl groups excluding tert-OH is 2. The molecule has 2 aliphatic rings. The summed E-state index contributed by atoms with van der Waals surface area (Å²) >= 11 is 0. The van der Waals surface area contributed by atoms with E-state index in [0.29, 0.717) is 12.8 Å². The fourth-order valence-electron chi connectivity index (χ4n) is 2.37. The molecule has 106 valence electrons. The van der Waals surface area contributed by atoms with Gasteiger partial charge in [-0.1, -0.05) is 24.3 Å². The van der Waals surface area contributed by atoms with Crippen LogP contribution in [0.15, 0.2) is 34.5 Å². The molecule has 2 heterocycles. The number of hydrogen-bond acceptors (Lipinski definition) is 6. The van der Waals surface area contributed by atoms with Crippen LogP contribution in [0.4, 0.5) is 0 Å². The van der Waals surface area contributed by atoms with Crippen LogP contribution < -0.4 is 10.9 Å². The number of aliphatic hydroxyl groups is 2. The molecule has 6 heteroatoms. The molecule has 0 saturated heterocycles. The van der Waals surface area contributed by atoms with Crippen molar-refractivity contribution in [2.45, 2.75) is 38.1 Å². The lowest BCUT2D eigenvalue weighted by Crippen LogP contribution is -2.31. The van der Waals surface area contributed by atoms with Crippen LogP contribution in [0.3, 0.4) is 0 Å². The first-order valence-corrected chi connectivity index (χ1v) is 6.83. The third-order valence-corrected chi connectivity index (χ3v) is 3.56. The number of rotatable bonds is 2. The Hall–Kier alpha value is -1.92. The molecule has 4 N–H and O–H groups in total. The summed E-state index contributed by atoms with van der Waals surface area (Å²) in [4.78, 5) is 0. The summed E-state index contributed by atoms with van der Waals surface area (Å²) in [6.45, 7) is 0. The van der Waals surface area contributed by atoms with E-state index in [9.17, 15) is 10.2 Å². The average Bonchev–Trinajstić information content (AvgIpc) is 2.49. The smallest absolute Gasteiger partial charge is 0.140 e. The van der Waals surface area contributed by atoms with E-state index in [4.69, 9.17) is 0 Å². The second-order valence-electron chi connectivity index (χ2n) is 5.06. The van der Waals surface area contributed by atoms with Gasteiger partial charge < -0.3 is 10.2 Å². The fraction of sp³-hybridized carbons (Fsp3) is 0.429. The molecular formula is C14H18N4O2. The highest BCUT2D eigenvalue weighted by atomic mass is 16.3. The standard InChI is InChI=1S/C14H18N4O2/c19-13-7-5-11(15-17-13)9-1-2-10(4-3-9)12-6-8-14(20)18-16-12/h1-4,13-14,17-20H,5-8H2. The molecule has 0 amide bonds. The molecule has 2 aliphatic heterocycles. The van der Waals surface area contributed by atoms with Crippen LogP contribution in [-0.2, 0) is 0 Å². The topological polar surface area (TPSA) is 89.2 Å². The molecular weight excluding hydrogens is 256 g/mol. The van der Waals surface area contributed by atoms with Crippen LogP contribution in [0.5, 0.6) is 0 Å². The molecule has 1 aromatic carbocycles. The fourth-order valence-corrected chi connectivity index (χ4v) is 2.37. The van der Waals surface area contributed by atoms with E-state index in [1.807, 2.05) is 24.3 Å². The Morgan fingerprint density at radius 3 is 1.50 bits per heavy atom.